The zero-order valence-corrected chi connectivity index (χ0v) is 11.0. The number of hydrogen-bond donors (Lipinski definition) is 3. The molecule has 8 heteroatoms. The third kappa shape index (κ3) is 3.18. The Morgan fingerprint density at radius 2 is 2.24 bits per heavy atom. The number of aliphatic hydroxyl groups is 1. The number of nitrogens with two attached hydrogens (primary N) is 1. The summed E-state index contributed by atoms with van der Waals surface area (Å²) in [5.41, 5.74) is 4.40. The van der Waals surface area contributed by atoms with E-state index in [9.17, 15) is 13.5 Å². The molecule has 4 N–H and O–H groups in total. The summed E-state index contributed by atoms with van der Waals surface area (Å²) >= 11 is 0. The van der Waals surface area contributed by atoms with E-state index >= 15 is 0 Å². The Labute approximate surface area is 101 Å². The quantitative estimate of drug-likeness (QED) is 0.659. The van der Waals surface area contributed by atoms with Crippen molar-refractivity contribution < 1.29 is 13.5 Å². The van der Waals surface area contributed by atoms with Crippen LogP contribution in [0.15, 0.2) is 11.4 Å². The highest BCUT2D eigenvalue weighted by Gasteiger charge is 2.26. The Hall–Kier alpha value is -1.12. The summed E-state index contributed by atoms with van der Waals surface area (Å²) in [5.74, 6) is -0.0591. The number of imidazole rings is 1. The number of aromatic nitrogens is 2. The highest BCUT2D eigenvalue weighted by atomic mass is 32.2. The molecule has 0 aromatic carbocycles. The Bertz CT molecular complexity index is 473. The lowest BCUT2D eigenvalue weighted by Crippen LogP contribution is -2.40. The molecular formula is C9H18N4O3S. The second kappa shape index (κ2) is 4.63. The molecule has 7 nitrogen and oxygen atoms in total. The summed E-state index contributed by atoms with van der Waals surface area (Å²) in [6, 6.07) is 0. The molecule has 0 spiro atoms. The first-order valence-corrected chi connectivity index (χ1v) is 6.67. The number of sulfonamides is 1. The lowest BCUT2D eigenvalue weighted by Gasteiger charge is -2.21. The first-order valence-electron chi connectivity index (χ1n) is 5.18. The summed E-state index contributed by atoms with van der Waals surface area (Å²) in [6.45, 7) is 3.26. The average Bonchev–Trinajstić information content (AvgIpc) is 2.57. The van der Waals surface area contributed by atoms with Gasteiger partial charge in [-0.2, -0.15) is 0 Å². The molecule has 0 amide bonds. The molecule has 1 unspecified atom stereocenters. The summed E-state index contributed by atoms with van der Waals surface area (Å²) < 4.78 is 27.5. The summed E-state index contributed by atoms with van der Waals surface area (Å²) in [7, 11) is -2.22. The van der Waals surface area contributed by atoms with Crippen molar-refractivity contribution in [3.63, 3.8) is 0 Å². The van der Waals surface area contributed by atoms with Crippen LogP contribution in [0.25, 0.3) is 0 Å². The predicted octanol–water partition coefficient (Wildman–Crippen LogP) is -0.558. The molecule has 0 radical (unpaired) electrons. The third-order valence-corrected chi connectivity index (χ3v) is 4.10. The van der Waals surface area contributed by atoms with E-state index in [1.165, 1.54) is 17.9 Å². The van der Waals surface area contributed by atoms with E-state index in [4.69, 9.17) is 5.73 Å². The lowest BCUT2D eigenvalue weighted by molar-refractivity contribution is 0.0613. The highest BCUT2D eigenvalue weighted by molar-refractivity contribution is 7.89. The molecule has 0 aliphatic rings. The van der Waals surface area contributed by atoms with Crippen LogP contribution in [0.2, 0.25) is 0 Å². The first kappa shape index (κ1) is 13.9. The van der Waals surface area contributed by atoms with Crippen molar-refractivity contribution in [2.75, 3.05) is 12.3 Å². The lowest BCUT2D eigenvalue weighted by atomic mass is 10.1. The van der Waals surface area contributed by atoms with Crippen LogP contribution in [0, 0.1) is 0 Å². The van der Waals surface area contributed by atoms with Crippen molar-refractivity contribution in [3.8, 4) is 0 Å². The molecule has 0 fully saturated rings. The number of anilines is 1. The molecule has 0 aliphatic carbocycles. The highest BCUT2D eigenvalue weighted by Crippen LogP contribution is 2.16. The van der Waals surface area contributed by atoms with Gasteiger partial charge < -0.3 is 15.4 Å². The minimum Gasteiger partial charge on any atom is -0.389 e. The van der Waals surface area contributed by atoms with E-state index < -0.39 is 15.6 Å². The van der Waals surface area contributed by atoms with E-state index in [1.807, 2.05) is 0 Å². The van der Waals surface area contributed by atoms with E-state index in [0.29, 0.717) is 6.42 Å². The second-order valence-corrected chi connectivity index (χ2v) is 5.90. The van der Waals surface area contributed by atoms with Crippen LogP contribution in [0.1, 0.15) is 20.3 Å². The van der Waals surface area contributed by atoms with Crippen molar-refractivity contribution in [2.24, 2.45) is 7.05 Å². The molecule has 98 valence electrons. The van der Waals surface area contributed by atoms with Gasteiger partial charge in [0, 0.05) is 13.6 Å². The van der Waals surface area contributed by atoms with Gasteiger partial charge in [-0.1, -0.05) is 6.92 Å². The predicted molar refractivity (Wildman–Crippen MR) is 63.7 cm³/mol. The molecule has 17 heavy (non-hydrogen) atoms. The number of aryl methyl sites for hydroxylation is 1. The Balaban J connectivity index is 2.91. The summed E-state index contributed by atoms with van der Waals surface area (Å²) in [4.78, 5) is 3.71. The van der Waals surface area contributed by atoms with E-state index in [2.05, 4.69) is 9.71 Å². The summed E-state index contributed by atoms with van der Waals surface area (Å²) in [5, 5.41) is 9.65. The van der Waals surface area contributed by atoms with Crippen molar-refractivity contribution in [1.82, 2.24) is 14.3 Å². The molecule has 1 atom stereocenters. The first-order chi connectivity index (χ1) is 7.69. The molecule has 0 saturated heterocycles. The molecule has 1 heterocycles. The monoisotopic (exact) mass is 262 g/mol. The molecule has 1 aromatic rings. The van der Waals surface area contributed by atoms with Crippen LogP contribution in [0.4, 0.5) is 5.82 Å². The van der Waals surface area contributed by atoms with Crippen molar-refractivity contribution in [2.45, 2.75) is 30.9 Å². The van der Waals surface area contributed by atoms with Crippen LogP contribution in [-0.4, -0.2) is 35.2 Å². The van der Waals surface area contributed by atoms with Crippen LogP contribution in [-0.2, 0) is 17.1 Å². The number of rotatable bonds is 5. The van der Waals surface area contributed by atoms with E-state index in [0.717, 1.165) is 0 Å². The van der Waals surface area contributed by atoms with Gasteiger partial charge in [0.05, 0.1) is 11.9 Å². The van der Waals surface area contributed by atoms with Gasteiger partial charge in [0.25, 0.3) is 10.0 Å². The fourth-order valence-corrected chi connectivity index (χ4v) is 2.60. The Morgan fingerprint density at radius 1 is 1.65 bits per heavy atom. The van der Waals surface area contributed by atoms with Crippen LogP contribution >= 0.6 is 0 Å². The van der Waals surface area contributed by atoms with Crippen molar-refractivity contribution >= 4 is 15.8 Å². The molecule has 0 aliphatic heterocycles. The average molecular weight is 262 g/mol. The number of hydrogen-bond acceptors (Lipinski definition) is 5. The molecule has 1 aromatic heterocycles. The maximum atomic E-state index is 11.9. The van der Waals surface area contributed by atoms with Gasteiger partial charge in [0.2, 0.25) is 0 Å². The van der Waals surface area contributed by atoms with Gasteiger partial charge in [-0.25, -0.2) is 18.1 Å². The van der Waals surface area contributed by atoms with Gasteiger partial charge in [-0.15, -0.1) is 0 Å². The van der Waals surface area contributed by atoms with Gasteiger partial charge in [0.15, 0.2) is 10.8 Å². The zero-order chi connectivity index (χ0) is 13.3. The van der Waals surface area contributed by atoms with Crippen LogP contribution in [0.5, 0.6) is 0 Å². The van der Waals surface area contributed by atoms with Crippen LogP contribution in [0.3, 0.4) is 0 Å². The minimum atomic E-state index is -3.76. The molecule has 1 rings (SSSR count). The van der Waals surface area contributed by atoms with Crippen LogP contribution < -0.4 is 10.5 Å². The van der Waals surface area contributed by atoms with E-state index in [-0.39, 0.29) is 17.4 Å². The Kier molecular flexibility index (Phi) is 3.80. The van der Waals surface area contributed by atoms with E-state index in [1.54, 1.807) is 13.8 Å². The number of nitrogens with one attached hydrogen (secondary N) is 1. The molecule has 0 saturated carbocycles. The third-order valence-electron chi connectivity index (χ3n) is 2.57. The number of nitrogen functional groups attached to an aromatic ring is 1. The van der Waals surface area contributed by atoms with Gasteiger partial charge in [-0.05, 0) is 13.3 Å². The fourth-order valence-electron chi connectivity index (χ4n) is 1.21. The van der Waals surface area contributed by atoms with Gasteiger partial charge in [0.1, 0.15) is 0 Å². The molecular weight excluding hydrogens is 244 g/mol. The maximum Gasteiger partial charge on any atom is 0.260 e. The summed E-state index contributed by atoms with van der Waals surface area (Å²) in [6.07, 6.45) is 1.76. The van der Waals surface area contributed by atoms with Gasteiger partial charge in [-0.3, -0.25) is 0 Å². The fraction of sp³-hybridized carbons (Fsp3) is 0.667. The number of nitrogens with zero attached hydrogens (tertiary/aromatic N) is 2. The zero-order valence-electron chi connectivity index (χ0n) is 10.1. The van der Waals surface area contributed by atoms with Crippen molar-refractivity contribution in [1.29, 1.82) is 0 Å². The van der Waals surface area contributed by atoms with Crippen molar-refractivity contribution in [3.05, 3.63) is 6.33 Å². The topological polar surface area (TPSA) is 110 Å². The maximum absolute atomic E-state index is 11.9. The van der Waals surface area contributed by atoms with Gasteiger partial charge >= 0.3 is 0 Å². The molecule has 0 bridgehead atoms. The second-order valence-electron chi connectivity index (χ2n) is 4.22. The Morgan fingerprint density at radius 3 is 2.65 bits per heavy atom. The SMILES string of the molecule is CCC(C)(O)CNS(=O)(=O)c1c(N)ncn1C. The minimum absolute atomic E-state index is 0.0591. The normalized spacial score (nSPS) is 15.8. The largest absolute Gasteiger partial charge is 0.389 e. The smallest absolute Gasteiger partial charge is 0.260 e. The standard InChI is InChI=1S/C9H18N4O3S/c1-4-9(2,14)5-12-17(15,16)8-7(10)11-6-13(8)3/h6,12,14H,4-5,10H2,1-3H3.